The van der Waals surface area contributed by atoms with E-state index >= 15 is 0 Å². The molecule has 2 aliphatic heterocycles. The molecule has 6 nitrogen and oxygen atoms in total. The van der Waals surface area contributed by atoms with E-state index in [0.717, 1.165) is 0 Å². The van der Waals surface area contributed by atoms with Crippen LogP contribution in [-0.4, -0.2) is 42.7 Å². The summed E-state index contributed by atoms with van der Waals surface area (Å²) in [5, 5.41) is 3.21. The topological polar surface area (TPSA) is 67.9 Å². The molecule has 0 spiro atoms. The molecule has 2 saturated heterocycles. The highest BCUT2D eigenvalue weighted by Gasteiger charge is 2.48. The number of carbonyl (C=O) groups excluding carboxylic acids is 2. The minimum absolute atomic E-state index is 0.181. The van der Waals surface area contributed by atoms with Gasteiger partial charge in [-0.15, -0.1) is 0 Å². The van der Waals surface area contributed by atoms with Gasteiger partial charge in [-0.3, -0.25) is 0 Å². The molecule has 2 amide bonds. The molecule has 2 bridgehead atoms. The molecule has 106 valence electrons. The fraction of sp³-hybridized carbons (Fsp3) is 0.385. The molecular weight excluding hydrogens is 284 g/mol. The Morgan fingerprint density at radius 1 is 1.55 bits per heavy atom. The van der Waals surface area contributed by atoms with Crippen LogP contribution in [0.15, 0.2) is 18.2 Å². The van der Waals surface area contributed by atoms with E-state index in [2.05, 4.69) is 5.32 Å². The zero-order valence-electron chi connectivity index (χ0n) is 10.8. The lowest BCUT2D eigenvalue weighted by Crippen LogP contribution is -2.46. The second-order valence-corrected chi connectivity index (χ2v) is 5.17. The molecule has 0 unspecified atom stereocenters. The Morgan fingerprint density at radius 3 is 3.00 bits per heavy atom. The van der Waals surface area contributed by atoms with Crippen molar-refractivity contribution in [2.75, 3.05) is 19.0 Å². The molecule has 0 aromatic heterocycles. The van der Waals surface area contributed by atoms with Crippen molar-refractivity contribution in [3.8, 4) is 5.75 Å². The molecule has 2 aliphatic rings. The minimum Gasteiger partial charge on any atom is -0.495 e. The van der Waals surface area contributed by atoms with Crippen LogP contribution in [0.4, 0.5) is 10.5 Å². The fourth-order valence-electron chi connectivity index (χ4n) is 2.54. The Kier molecular flexibility index (Phi) is 3.17. The molecule has 2 atom stereocenters. The van der Waals surface area contributed by atoms with Crippen molar-refractivity contribution in [3.63, 3.8) is 0 Å². The molecular formula is C13H13ClN2O4. The summed E-state index contributed by atoms with van der Waals surface area (Å²) in [6, 6.07) is 4.11. The summed E-state index contributed by atoms with van der Waals surface area (Å²) in [6.07, 6.45) is 0.387. The van der Waals surface area contributed by atoms with E-state index in [4.69, 9.17) is 21.1 Å². The number of rotatable bonds is 2. The van der Waals surface area contributed by atoms with Crippen LogP contribution in [-0.2, 0) is 9.53 Å². The van der Waals surface area contributed by atoms with Gasteiger partial charge < -0.3 is 19.7 Å². The summed E-state index contributed by atoms with van der Waals surface area (Å²) in [7, 11) is 1.51. The molecule has 0 saturated carbocycles. The lowest BCUT2D eigenvalue weighted by atomic mass is 10.2. The molecule has 2 fully saturated rings. The van der Waals surface area contributed by atoms with Crippen LogP contribution in [0, 0.1) is 0 Å². The van der Waals surface area contributed by atoms with Gasteiger partial charge in [0, 0.05) is 11.4 Å². The number of urea groups is 1. The van der Waals surface area contributed by atoms with E-state index in [9.17, 15) is 9.59 Å². The van der Waals surface area contributed by atoms with Crippen molar-refractivity contribution in [3.05, 3.63) is 23.2 Å². The molecule has 2 heterocycles. The van der Waals surface area contributed by atoms with Crippen molar-refractivity contribution < 1.29 is 19.1 Å². The molecule has 0 radical (unpaired) electrons. The third-order valence-corrected chi connectivity index (χ3v) is 3.72. The van der Waals surface area contributed by atoms with Gasteiger partial charge >= 0.3 is 12.0 Å². The predicted molar refractivity (Wildman–Crippen MR) is 72.0 cm³/mol. The first-order valence-electron chi connectivity index (χ1n) is 6.20. The number of ether oxygens (including phenoxy) is 2. The van der Waals surface area contributed by atoms with Crippen LogP contribution in [0.25, 0.3) is 0 Å². The van der Waals surface area contributed by atoms with Crippen molar-refractivity contribution in [1.29, 1.82) is 0 Å². The zero-order chi connectivity index (χ0) is 14.3. The number of morpholine rings is 1. The normalized spacial score (nSPS) is 23.7. The average molecular weight is 297 g/mol. The molecule has 0 aliphatic carbocycles. The predicted octanol–water partition coefficient (Wildman–Crippen LogP) is 1.88. The molecule has 20 heavy (non-hydrogen) atoms. The SMILES string of the molecule is COc1ccc(Cl)cc1NC(=O)N1C[C@H]2C[C@@H]1C(=O)O2. The maximum Gasteiger partial charge on any atom is 0.329 e. The van der Waals surface area contributed by atoms with Gasteiger partial charge in [-0.25, -0.2) is 9.59 Å². The van der Waals surface area contributed by atoms with Gasteiger partial charge in [0.1, 0.15) is 17.9 Å². The van der Waals surface area contributed by atoms with Crippen LogP contribution in [0.5, 0.6) is 5.75 Å². The highest BCUT2D eigenvalue weighted by molar-refractivity contribution is 6.31. The van der Waals surface area contributed by atoms with Gasteiger partial charge in [-0.2, -0.15) is 0 Å². The number of methoxy groups -OCH3 is 1. The van der Waals surface area contributed by atoms with E-state index in [1.807, 2.05) is 0 Å². The van der Waals surface area contributed by atoms with Crippen molar-refractivity contribution >= 4 is 29.3 Å². The van der Waals surface area contributed by atoms with E-state index < -0.39 is 6.04 Å². The Balaban J connectivity index is 1.77. The molecule has 3 rings (SSSR count). The van der Waals surface area contributed by atoms with E-state index in [1.165, 1.54) is 12.0 Å². The first-order valence-corrected chi connectivity index (χ1v) is 6.58. The van der Waals surface area contributed by atoms with Crippen LogP contribution in [0.1, 0.15) is 6.42 Å². The average Bonchev–Trinajstić information content (AvgIpc) is 2.98. The number of halogens is 1. The summed E-state index contributed by atoms with van der Waals surface area (Å²) in [6.45, 7) is 0.422. The number of carbonyl (C=O) groups is 2. The number of hydrogen-bond donors (Lipinski definition) is 1. The molecule has 1 aromatic rings. The number of likely N-dealkylation sites (tertiary alicyclic amines) is 1. The van der Waals surface area contributed by atoms with Crippen LogP contribution < -0.4 is 10.1 Å². The Morgan fingerprint density at radius 2 is 2.35 bits per heavy atom. The molecule has 1 aromatic carbocycles. The maximum absolute atomic E-state index is 12.2. The van der Waals surface area contributed by atoms with Crippen LogP contribution in [0.2, 0.25) is 5.02 Å². The van der Waals surface area contributed by atoms with E-state index in [1.54, 1.807) is 18.2 Å². The summed E-state index contributed by atoms with van der Waals surface area (Å²) in [5.41, 5.74) is 0.473. The smallest absolute Gasteiger partial charge is 0.329 e. The van der Waals surface area contributed by atoms with Gasteiger partial charge in [-0.05, 0) is 18.2 Å². The minimum atomic E-state index is -0.481. The third kappa shape index (κ3) is 2.16. The second-order valence-electron chi connectivity index (χ2n) is 4.74. The van der Waals surface area contributed by atoms with Crippen molar-refractivity contribution in [1.82, 2.24) is 4.90 Å². The number of benzene rings is 1. The summed E-state index contributed by atoms with van der Waals surface area (Å²) in [4.78, 5) is 25.2. The van der Waals surface area contributed by atoms with Crippen molar-refractivity contribution in [2.24, 2.45) is 0 Å². The summed E-state index contributed by atoms with van der Waals surface area (Å²) >= 11 is 5.91. The lowest BCUT2D eigenvalue weighted by molar-refractivity contribution is -0.149. The fourth-order valence-corrected chi connectivity index (χ4v) is 2.71. The number of fused-ring (bicyclic) bond motifs is 2. The standard InChI is InChI=1S/C13H13ClN2O4/c1-19-11-3-2-7(14)4-9(11)15-13(18)16-6-8-5-10(16)12(17)20-8/h2-4,8,10H,5-6H2,1H3,(H,15,18)/t8-,10-/m1/s1. The highest BCUT2D eigenvalue weighted by atomic mass is 35.5. The first-order chi connectivity index (χ1) is 9.58. The number of esters is 1. The van der Waals surface area contributed by atoms with E-state index in [0.29, 0.717) is 29.4 Å². The summed E-state index contributed by atoms with van der Waals surface area (Å²) in [5.74, 6) is 0.171. The van der Waals surface area contributed by atoms with Gasteiger partial charge in [0.15, 0.2) is 0 Å². The molecule has 1 N–H and O–H groups in total. The first kappa shape index (κ1) is 13.1. The lowest BCUT2D eigenvalue weighted by Gasteiger charge is -2.26. The van der Waals surface area contributed by atoms with Gasteiger partial charge in [0.2, 0.25) is 0 Å². The third-order valence-electron chi connectivity index (χ3n) is 3.48. The van der Waals surface area contributed by atoms with Gasteiger partial charge in [0.25, 0.3) is 0 Å². The monoisotopic (exact) mass is 296 g/mol. The van der Waals surface area contributed by atoms with E-state index in [-0.39, 0.29) is 18.1 Å². The Hall–Kier alpha value is -1.95. The Labute approximate surface area is 120 Å². The van der Waals surface area contributed by atoms with Gasteiger partial charge in [0.05, 0.1) is 19.3 Å². The van der Waals surface area contributed by atoms with Gasteiger partial charge in [-0.1, -0.05) is 11.6 Å². The maximum atomic E-state index is 12.2. The Bertz CT molecular complexity index is 577. The quantitative estimate of drug-likeness (QED) is 0.846. The number of hydrogen-bond acceptors (Lipinski definition) is 4. The molecule has 7 heteroatoms. The summed E-state index contributed by atoms with van der Waals surface area (Å²) < 4.78 is 10.2. The van der Waals surface area contributed by atoms with Crippen LogP contribution in [0.3, 0.4) is 0 Å². The zero-order valence-corrected chi connectivity index (χ0v) is 11.5. The largest absolute Gasteiger partial charge is 0.495 e. The number of nitrogens with zero attached hydrogens (tertiary/aromatic N) is 1. The highest BCUT2D eigenvalue weighted by Crippen LogP contribution is 2.31. The number of anilines is 1. The number of nitrogens with one attached hydrogen (secondary N) is 1. The van der Waals surface area contributed by atoms with Crippen LogP contribution >= 0.6 is 11.6 Å². The second kappa shape index (κ2) is 4.86. The number of amides is 2. The van der Waals surface area contributed by atoms with Crippen molar-refractivity contribution in [2.45, 2.75) is 18.6 Å².